The lowest BCUT2D eigenvalue weighted by Crippen LogP contribution is -2.30. The molecule has 0 saturated carbocycles. The van der Waals surface area contributed by atoms with E-state index in [0.717, 1.165) is 29.8 Å². The molecule has 0 saturated heterocycles. The molecule has 0 aliphatic carbocycles. The molecule has 1 aromatic carbocycles. The van der Waals surface area contributed by atoms with Crippen molar-refractivity contribution >= 4 is 21.6 Å². The molecule has 1 aromatic rings. The molecule has 0 unspecified atom stereocenters. The predicted molar refractivity (Wildman–Crippen MR) is 77.6 cm³/mol. The van der Waals surface area contributed by atoms with Crippen LogP contribution in [0.15, 0.2) is 22.7 Å². The Bertz CT molecular complexity index is 353. The second-order valence-electron chi connectivity index (χ2n) is 4.11. The van der Waals surface area contributed by atoms with Gasteiger partial charge < -0.3 is 15.2 Å². The van der Waals surface area contributed by atoms with Gasteiger partial charge in [-0.3, -0.25) is 4.90 Å². The number of nitrogen functional groups attached to an aromatic ring is 1. The molecule has 0 spiro atoms. The summed E-state index contributed by atoms with van der Waals surface area (Å²) in [4.78, 5) is 2.28. The highest BCUT2D eigenvalue weighted by molar-refractivity contribution is 9.10. The van der Waals surface area contributed by atoms with E-state index in [4.69, 9.17) is 15.2 Å². The van der Waals surface area contributed by atoms with Crippen molar-refractivity contribution in [2.24, 2.45) is 0 Å². The van der Waals surface area contributed by atoms with Gasteiger partial charge in [-0.15, -0.1) is 0 Å². The third kappa shape index (κ3) is 5.35. The maximum atomic E-state index is 5.81. The number of rotatable bonds is 8. The molecule has 0 amide bonds. The van der Waals surface area contributed by atoms with Crippen molar-refractivity contribution in [2.45, 2.75) is 6.54 Å². The summed E-state index contributed by atoms with van der Waals surface area (Å²) < 4.78 is 11.3. The summed E-state index contributed by atoms with van der Waals surface area (Å²) in [6, 6.07) is 5.87. The van der Waals surface area contributed by atoms with Crippen LogP contribution in [0.2, 0.25) is 0 Å². The first kappa shape index (κ1) is 15.4. The number of benzene rings is 1. The molecule has 102 valence electrons. The highest BCUT2D eigenvalue weighted by Gasteiger charge is 2.08. The van der Waals surface area contributed by atoms with Gasteiger partial charge in [-0.2, -0.15) is 0 Å². The van der Waals surface area contributed by atoms with Gasteiger partial charge >= 0.3 is 0 Å². The Morgan fingerprint density at radius 3 is 2.33 bits per heavy atom. The Labute approximate surface area is 117 Å². The average Bonchev–Trinajstić information content (AvgIpc) is 2.37. The van der Waals surface area contributed by atoms with Crippen LogP contribution >= 0.6 is 15.9 Å². The smallest absolute Gasteiger partial charge is 0.0589 e. The Hall–Kier alpha value is -0.620. The fourth-order valence-corrected chi connectivity index (χ4v) is 2.04. The van der Waals surface area contributed by atoms with Crippen LogP contribution in [0.25, 0.3) is 0 Å². The molecule has 5 heteroatoms. The van der Waals surface area contributed by atoms with Gasteiger partial charge in [0.05, 0.1) is 13.2 Å². The first-order valence-electron chi connectivity index (χ1n) is 5.91. The summed E-state index contributed by atoms with van der Waals surface area (Å²) in [6.07, 6.45) is 0. The minimum Gasteiger partial charge on any atom is -0.399 e. The van der Waals surface area contributed by atoms with E-state index in [1.54, 1.807) is 14.2 Å². The van der Waals surface area contributed by atoms with E-state index in [2.05, 4.69) is 20.8 Å². The Balaban J connectivity index is 2.65. The molecular formula is C13H21BrN2O2. The van der Waals surface area contributed by atoms with Gasteiger partial charge in [0, 0.05) is 44.0 Å². The molecule has 0 radical (unpaired) electrons. The first-order valence-corrected chi connectivity index (χ1v) is 6.70. The van der Waals surface area contributed by atoms with E-state index >= 15 is 0 Å². The SMILES string of the molecule is COCCN(CCOC)Cc1cc(N)ccc1Br. The van der Waals surface area contributed by atoms with Crippen molar-refractivity contribution in [2.75, 3.05) is 46.3 Å². The van der Waals surface area contributed by atoms with Gasteiger partial charge in [0.15, 0.2) is 0 Å². The zero-order valence-electron chi connectivity index (χ0n) is 11.0. The second kappa shape index (κ2) is 8.48. The maximum absolute atomic E-state index is 5.81. The van der Waals surface area contributed by atoms with E-state index < -0.39 is 0 Å². The second-order valence-corrected chi connectivity index (χ2v) is 4.97. The zero-order chi connectivity index (χ0) is 13.4. The van der Waals surface area contributed by atoms with Gasteiger partial charge in [-0.05, 0) is 23.8 Å². The lowest BCUT2D eigenvalue weighted by atomic mass is 10.2. The molecule has 2 N–H and O–H groups in total. The zero-order valence-corrected chi connectivity index (χ0v) is 12.6. The van der Waals surface area contributed by atoms with Crippen LogP contribution < -0.4 is 5.73 Å². The highest BCUT2D eigenvalue weighted by atomic mass is 79.9. The van der Waals surface area contributed by atoms with Crippen LogP contribution in [0.3, 0.4) is 0 Å². The Morgan fingerprint density at radius 2 is 1.78 bits per heavy atom. The van der Waals surface area contributed by atoms with Crippen LogP contribution in [-0.4, -0.2) is 45.4 Å². The number of hydrogen-bond acceptors (Lipinski definition) is 4. The molecule has 0 aliphatic rings. The maximum Gasteiger partial charge on any atom is 0.0589 e. The number of methoxy groups -OCH3 is 2. The number of hydrogen-bond donors (Lipinski definition) is 1. The van der Waals surface area contributed by atoms with Crippen molar-refractivity contribution in [3.05, 3.63) is 28.2 Å². The Kier molecular flexibility index (Phi) is 7.27. The predicted octanol–water partition coefficient (Wildman–Crippen LogP) is 2.13. The third-order valence-electron chi connectivity index (χ3n) is 2.69. The normalized spacial score (nSPS) is 11.1. The molecule has 0 atom stereocenters. The minimum atomic E-state index is 0.712. The fraction of sp³-hybridized carbons (Fsp3) is 0.538. The van der Waals surface area contributed by atoms with E-state index in [1.807, 2.05) is 18.2 Å². The molecule has 0 aromatic heterocycles. The minimum absolute atomic E-state index is 0.712. The van der Waals surface area contributed by atoms with Crippen molar-refractivity contribution in [3.63, 3.8) is 0 Å². The standard InChI is InChI=1S/C13H21BrN2O2/c1-17-7-5-16(6-8-18-2)10-11-9-12(15)3-4-13(11)14/h3-4,9H,5-8,10,15H2,1-2H3. The summed E-state index contributed by atoms with van der Waals surface area (Å²) in [5.41, 5.74) is 7.78. The number of nitrogens with two attached hydrogens (primary N) is 1. The highest BCUT2D eigenvalue weighted by Crippen LogP contribution is 2.21. The monoisotopic (exact) mass is 316 g/mol. The van der Waals surface area contributed by atoms with Gasteiger partial charge in [0.25, 0.3) is 0 Å². The van der Waals surface area contributed by atoms with Crippen molar-refractivity contribution in [3.8, 4) is 0 Å². The van der Waals surface area contributed by atoms with Crippen molar-refractivity contribution < 1.29 is 9.47 Å². The number of nitrogens with zero attached hydrogens (tertiary/aromatic N) is 1. The van der Waals surface area contributed by atoms with Crippen LogP contribution in [0.1, 0.15) is 5.56 Å². The summed E-state index contributed by atoms with van der Waals surface area (Å²) in [5, 5.41) is 0. The van der Waals surface area contributed by atoms with Gasteiger partial charge in [0.2, 0.25) is 0 Å². The molecule has 0 bridgehead atoms. The molecular weight excluding hydrogens is 296 g/mol. The third-order valence-corrected chi connectivity index (χ3v) is 3.46. The average molecular weight is 317 g/mol. The van der Waals surface area contributed by atoms with Gasteiger partial charge in [0.1, 0.15) is 0 Å². The van der Waals surface area contributed by atoms with Gasteiger partial charge in [-0.25, -0.2) is 0 Å². The van der Waals surface area contributed by atoms with Crippen molar-refractivity contribution in [1.82, 2.24) is 4.90 Å². The van der Waals surface area contributed by atoms with E-state index in [0.29, 0.717) is 13.2 Å². The van der Waals surface area contributed by atoms with Crippen LogP contribution in [0.4, 0.5) is 5.69 Å². The molecule has 0 heterocycles. The largest absolute Gasteiger partial charge is 0.399 e. The van der Waals surface area contributed by atoms with E-state index in [1.165, 1.54) is 5.56 Å². The lowest BCUT2D eigenvalue weighted by Gasteiger charge is -2.22. The topological polar surface area (TPSA) is 47.7 Å². The summed E-state index contributed by atoms with van der Waals surface area (Å²) >= 11 is 3.55. The van der Waals surface area contributed by atoms with Crippen LogP contribution in [-0.2, 0) is 16.0 Å². The number of ether oxygens (including phenoxy) is 2. The number of anilines is 1. The summed E-state index contributed by atoms with van der Waals surface area (Å²) in [7, 11) is 3.43. The summed E-state index contributed by atoms with van der Waals surface area (Å²) in [6.45, 7) is 4.01. The number of halogens is 1. The molecule has 18 heavy (non-hydrogen) atoms. The van der Waals surface area contributed by atoms with E-state index in [-0.39, 0.29) is 0 Å². The first-order chi connectivity index (χ1) is 8.67. The van der Waals surface area contributed by atoms with Crippen LogP contribution in [0, 0.1) is 0 Å². The Morgan fingerprint density at radius 1 is 1.17 bits per heavy atom. The fourth-order valence-electron chi connectivity index (χ4n) is 1.67. The molecule has 0 aliphatic heterocycles. The van der Waals surface area contributed by atoms with E-state index in [9.17, 15) is 0 Å². The quantitative estimate of drug-likeness (QED) is 0.746. The molecule has 0 fully saturated rings. The molecule has 4 nitrogen and oxygen atoms in total. The van der Waals surface area contributed by atoms with Gasteiger partial charge in [-0.1, -0.05) is 15.9 Å². The lowest BCUT2D eigenvalue weighted by molar-refractivity contribution is 0.110. The summed E-state index contributed by atoms with van der Waals surface area (Å²) in [5.74, 6) is 0. The van der Waals surface area contributed by atoms with Crippen molar-refractivity contribution in [1.29, 1.82) is 0 Å². The molecule has 1 rings (SSSR count). The van der Waals surface area contributed by atoms with Crippen LogP contribution in [0.5, 0.6) is 0 Å².